The SMILES string of the molecule is Cc1ccn2c(CC(NC(=O)OCC3c4ccccc4-c4ccccc43)C(=O)O)c(-c3ccccc3)nc2c1. The lowest BCUT2D eigenvalue weighted by atomic mass is 9.98. The summed E-state index contributed by atoms with van der Waals surface area (Å²) in [5.41, 5.74) is 8.45. The highest BCUT2D eigenvalue weighted by Gasteiger charge is 2.30. The molecular weight excluding hydrogens is 490 g/mol. The monoisotopic (exact) mass is 517 g/mol. The number of carboxylic acids is 1. The number of benzene rings is 3. The van der Waals surface area contributed by atoms with Crippen molar-refractivity contribution in [2.24, 2.45) is 0 Å². The average molecular weight is 518 g/mol. The lowest BCUT2D eigenvalue weighted by molar-refractivity contribution is -0.139. The molecule has 2 heterocycles. The van der Waals surface area contributed by atoms with Gasteiger partial charge in [0.1, 0.15) is 18.3 Å². The van der Waals surface area contributed by atoms with Gasteiger partial charge in [-0.25, -0.2) is 14.6 Å². The zero-order valence-corrected chi connectivity index (χ0v) is 21.4. The molecule has 1 amide bonds. The van der Waals surface area contributed by atoms with Gasteiger partial charge in [-0.3, -0.25) is 0 Å². The minimum atomic E-state index is -1.20. The van der Waals surface area contributed by atoms with Gasteiger partial charge in [0.15, 0.2) is 0 Å². The minimum Gasteiger partial charge on any atom is -0.480 e. The summed E-state index contributed by atoms with van der Waals surface area (Å²) in [6.07, 6.45) is 1.15. The minimum absolute atomic E-state index is 0.0357. The first-order chi connectivity index (χ1) is 19.0. The number of imidazole rings is 1. The van der Waals surface area contributed by atoms with Crippen LogP contribution in [0, 0.1) is 6.92 Å². The number of aliphatic carboxylic acids is 1. The molecule has 0 bridgehead atoms. The third-order valence-electron chi connectivity index (χ3n) is 7.26. The van der Waals surface area contributed by atoms with Gasteiger partial charge in [0.25, 0.3) is 0 Å². The van der Waals surface area contributed by atoms with Crippen molar-refractivity contribution in [2.45, 2.75) is 25.3 Å². The van der Waals surface area contributed by atoms with Crippen molar-refractivity contribution in [1.29, 1.82) is 0 Å². The number of alkyl carbamates (subject to hydrolysis) is 1. The van der Waals surface area contributed by atoms with Crippen LogP contribution in [0.5, 0.6) is 0 Å². The number of ether oxygens (including phenoxy) is 1. The van der Waals surface area contributed by atoms with E-state index in [1.807, 2.05) is 96.4 Å². The molecule has 0 saturated heterocycles. The average Bonchev–Trinajstić information content (AvgIpc) is 3.47. The first-order valence-electron chi connectivity index (χ1n) is 12.9. The van der Waals surface area contributed by atoms with Gasteiger partial charge in [0.2, 0.25) is 0 Å². The number of hydrogen-bond acceptors (Lipinski definition) is 4. The molecule has 0 aliphatic heterocycles. The summed E-state index contributed by atoms with van der Waals surface area (Å²) in [5, 5.41) is 12.6. The number of aromatic nitrogens is 2. The molecular formula is C32H27N3O4. The zero-order valence-electron chi connectivity index (χ0n) is 21.4. The summed E-state index contributed by atoms with van der Waals surface area (Å²) in [5.74, 6) is -1.26. The number of amides is 1. The lowest BCUT2D eigenvalue weighted by Crippen LogP contribution is -2.43. The van der Waals surface area contributed by atoms with Crippen LogP contribution in [0.4, 0.5) is 4.79 Å². The van der Waals surface area contributed by atoms with E-state index in [-0.39, 0.29) is 18.9 Å². The van der Waals surface area contributed by atoms with Crippen LogP contribution in [-0.2, 0) is 16.0 Å². The summed E-state index contributed by atoms with van der Waals surface area (Å²) in [7, 11) is 0. The van der Waals surface area contributed by atoms with E-state index in [2.05, 4.69) is 17.4 Å². The number of nitrogens with one attached hydrogen (secondary N) is 1. The molecule has 5 aromatic rings. The van der Waals surface area contributed by atoms with E-state index >= 15 is 0 Å². The molecule has 7 nitrogen and oxygen atoms in total. The van der Waals surface area contributed by atoms with Crippen molar-refractivity contribution in [3.05, 3.63) is 120 Å². The van der Waals surface area contributed by atoms with Gasteiger partial charge in [-0.15, -0.1) is 0 Å². The molecule has 2 aromatic heterocycles. The van der Waals surface area contributed by atoms with Gasteiger partial charge >= 0.3 is 12.1 Å². The van der Waals surface area contributed by atoms with Gasteiger partial charge in [0.05, 0.1) is 11.4 Å². The Morgan fingerprint density at radius 3 is 2.26 bits per heavy atom. The first-order valence-corrected chi connectivity index (χ1v) is 12.9. The predicted molar refractivity (Wildman–Crippen MR) is 149 cm³/mol. The summed E-state index contributed by atoms with van der Waals surface area (Å²) in [4.78, 5) is 30.0. The molecule has 1 unspecified atom stereocenters. The molecule has 0 fully saturated rings. The quantitative estimate of drug-likeness (QED) is 0.283. The smallest absolute Gasteiger partial charge is 0.407 e. The van der Waals surface area contributed by atoms with Crippen LogP contribution in [0.3, 0.4) is 0 Å². The Bertz CT molecular complexity index is 1650. The van der Waals surface area contributed by atoms with Crippen LogP contribution in [-0.4, -0.2) is 39.2 Å². The number of nitrogens with zero attached hydrogens (tertiary/aromatic N) is 2. The Morgan fingerprint density at radius 2 is 1.59 bits per heavy atom. The largest absolute Gasteiger partial charge is 0.480 e. The van der Waals surface area contributed by atoms with Gasteiger partial charge in [-0.05, 0) is 46.9 Å². The highest BCUT2D eigenvalue weighted by atomic mass is 16.5. The van der Waals surface area contributed by atoms with Crippen LogP contribution in [0.15, 0.2) is 97.2 Å². The number of carboxylic acid groups (broad SMARTS) is 1. The van der Waals surface area contributed by atoms with E-state index in [9.17, 15) is 14.7 Å². The van der Waals surface area contributed by atoms with Gasteiger partial charge in [-0.1, -0.05) is 78.9 Å². The van der Waals surface area contributed by atoms with E-state index in [0.717, 1.165) is 33.4 Å². The lowest BCUT2D eigenvalue weighted by Gasteiger charge is -2.18. The normalized spacial score (nSPS) is 13.1. The number of pyridine rings is 1. The summed E-state index contributed by atoms with van der Waals surface area (Å²) in [6.45, 7) is 2.09. The van der Waals surface area contributed by atoms with Crippen LogP contribution in [0.25, 0.3) is 28.0 Å². The summed E-state index contributed by atoms with van der Waals surface area (Å²) in [6, 6.07) is 28.5. The maximum atomic E-state index is 12.9. The van der Waals surface area contributed by atoms with Gasteiger partial charge in [0, 0.05) is 24.1 Å². The van der Waals surface area contributed by atoms with E-state index in [1.165, 1.54) is 0 Å². The summed E-state index contributed by atoms with van der Waals surface area (Å²) >= 11 is 0. The van der Waals surface area contributed by atoms with Crippen molar-refractivity contribution < 1.29 is 19.4 Å². The highest BCUT2D eigenvalue weighted by molar-refractivity contribution is 5.82. The Morgan fingerprint density at radius 1 is 0.949 bits per heavy atom. The third kappa shape index (κ3) is 4.63. The molecule has 1 aliphatic rings. The number of carbonyl (C=O) groups is 2. The molecule has 3 aromatic carbocycles. The van der Waals surface area contributed by atoms with Gasteiger partial charge < -0.3 is 19.6 Å². The van der Waals surface area contributed by atoms with Crippen LogP contribution in [0.1, 0.15) is 28.3 Å². The number of fused-ring (bicyclic) bond motifs is 4. The first kappa shape index (κ1) is 24.4. The second-order valence-corrected chi connectivity index (χ2v) is 9.77. The number of carbonyl (C=O) groups excluding carboxylic acids is 1. The van der Waals surface area contributed by atoms with Crippen molar-refractivity contribution in [2.75, 3.05) is 6.61 Å². The number of rotatable bonds is 7. The van der Waals surface area contributed by atoms with Gasteiger partial charge in [-0.2, -0.15) is 0 Å². The van der Waals surface area contributed by atoms with Crippen molar-refractivity contribution >= 4 is 17.7 Å². The molecule has 194 valence electrons. The maximum Gasteiger partial charge on any atom is 0.407 e. The van der Waals surface area contributed by atoms with Crippen LogP contribution < -0.4 is 5.32 Å². The Hall–Kier alpha value is -4.91. The Balaban J connectivity index is 1.23. The molecule has 0 radical (unpaired) electrons. The Labute approximate surface area is 225 Å². The zero-order chi connectivity index (χ0) is 26.9. The van der Waals surface area contributed by atoms with Crippen molar-refractivity contribution in [3.8, 4) is 22.4 Å². The fraction of sp³-hybridized carbons (Fsp3) is 0.156. The molecule has 2 N–H and O–H groups in total. The topological polar surface area (TPSA) is 92.9 Å². The maximum absolute atomic E-state index is 12.9. The van der Waals surface area contributed by atoms with E-state index < -0.39 is 18.1 Å². The number of aryl methyl sites for hydroxylation is 1. The highest BCUT2D eigenvalue weighted by Crippen LogP contribution is 2.44. The van der Waals surface area contributed by atoms with E-state index in [4.69, 9.17) is 9.72 Å². The fourth-order valence-electron chi connectivity index (χ4n) is 5.40. The molecule has 1 atom stereocenters. The molecule has 1 aliphatic carbocycles. The predicted octanol–water partition coefficient (Wildman–Crippen LogP) is 5.84. The standard InChI is InChI=1S/C32H27N3O4/c1-20-15-16-35-28(30(34-29(35)17-20)21-9-3-2-4-10-21)18-27(31(36)37)33-32(38)39-19-26-24-13-7-5-11-22(24)23-12-6-8-14-25(23)26/h2-17,26-27H,18-19H2,1H3,(H,33,38)(H,36,37). The number of hydrogen-bond donors (Lipinski definition) is 2. The second-order valence-electron chi connectivity index (χ2n) is 9.77. The van der Waals surface area contributed by atoms with Crippen LogP contribution in [0.2, 0.25) is 0 Å². The molecule has 39 heavy (non-hydrogen) atoms. The summed E-state index contributed by atoms with van der Waals surface area (Å²) < 4.78 is 7.50. The second kappa shape index (κ2) is 10.1. The van der Waals surface area contributed by atoms with E-state index in [0.29, 0.717) is 17.0 Å². The Kier molecular flexibility index (Phi) is 6.32. The van der Waals surface area contributed by atoms with Crippen molar-refractivity contribution in [1.82, 2.24) is 14.7 Å². The molecule has 7 heteroatoms. The molecule has 0 saturated carbocycles. The molecule has 0 spiro atoms. The van der Waals surface area contributed by atoms with Crippen molar-refractivity contribution in [3.63, 3.8) is 0 Å². The third-order valence-corrected chi connectivity index (χ3v) is 7.26. The molecule has 6 rings (SSSR count). The van der Waals surface area contributed by atoms with Crippen LogP contribution >= 0.6 is 0 Å². The van der Waals surface area contributed by atoms with E-state index in [1.54, 1.807) is 0 Å². The fourth-order valence-corrected chi connectivity index (χ4v) is 5.40.